The lowest BCUT2D eigenvalue weighted by Gasteiger charge is -2.38. The number of aromatic nitrogens is 3. The topological polar surface area (TPSA) is 46.2 Å². The Morgan fingerprint density at radius 1 is 1.32 bits per heavy atom. The van der Waals surface area contributed by atoms with Gasteiger partial charge in [-0.05, 0) is 37.9 Å². The van der Waals surface area contributed by atoms with Crippen molar-refractivity contribution in [2.75, 3.05) is 13.1 Å². The summed E-state index contributed by atoms with van der Waals surface area (Å²) < 4.78 is 42.5. The summed E-state index contributed by atoms with van der Waals surface area (Å²) in [5, 5.41) is 14.2. The Labute approximate surface area is 131 Å². The Morgan fingerprint density at radius 2 is 1.91 bits per heavy atom. The van der Waals surface area contributed by atoms with Crippen molar-refractivity contribution >= 4 is 12.2 Å². The minimum Gasteiger partial charge on any atom is -0.380 e. The van der Waals surface area contributed by atoms with Gasteiger partial charge in [0.05, 0.1) is 6.67 Å². The van der Waals surface area contributed by atoms with E-state index in [2.05, 4.69) is 5.10 Å². The van der Waals surface area contributed by atoms with Crippen LogP contribution in [0.25, 0.3) is 0 Å². The summed E-state index contributed by atoms with van der Waals surface area (Å²) in [6, 6.07) is 0. The van der Waals surface area contributed by atoms with Crippen molar-refractivity contribution in [3.63, 3.8) is 0 Å². The maximum Gasteiger partial charge on any atom is 0.417 e. The molecule has 1 aliphatic heterocycles. The van der Waals surface area contributed by atoms with E-state index in [1.807, 2.05) is 16.5 Å². The van der Waals surface area contributed by atoms with Gasteiger partial charge in [0.25, 0.3) is 0 Å². The summed E-state index contributed by atoms with van der Waals surface area (Å²) in [6.45, 7) is 0.716. The van der Waals surface area contributed by atoms with Crippen LogP contribution in [-0.2, 0) is 13.7 Å². The second-order valence-electron chi connectivity index (χ2n) is 6.26. The van der Waals surface area contributed by atoms with Crippen molar-refractivity contribution in [1.82, 2.24) is 19.2 Å². The number of rotatable bonds is 3. The van der Waals surface area contributed by atoms with Gasteiger partial charge in [-0.15, -0.1) is 0 Å². The Bertz CT molecular complexity index is 612. The maximum absolute atomic E-state index is 12.8. The number of nitrogens with zero attached hydrogens (tertiary/aromatic N) is 4. The molecule has 0 aromatic carbocycles. The number of hydrogen-bond donors (Lipinski definition) is 1. The Morgan fingerprint density at radius 3 is 2.41 bits per heavy atom. The van der Waals surface area contributed by atoms with Crippen LogP contribution in [-0.4, -0.2) is 49.2 Å². The summed E-state index contributed by atoms with van der Waals surface area (Å²) in [4.78, 5) is 1.85. The zero-order valence-electron chi connectivity index (χ0n) is 12.3. The van der Waals surface area contributed by atoms with E-state index in [1.54, 1.807) is 4.68 Å². The van der Waals surface area contributed by atoms with Crippen molar-refractivity contribution in [3.05, 3.63) is 10.6 Å². The van der Waals surface area contributed by atoms with E-state index in [-0.39, 0.29) is 25.9 Å². The average molecular weight is 336 g/mol. The van der Waals surface area contributed by atoms with Gasteiger partial charge in [-0.2, -0.15) is 18.3 Å². The highest BCUT2D eigenvalue weighted by Gasteiger charge is 2.54. The molecule has 1 aliphatic carbocycles. The largest absolute Gasteiger partial charge is 0.417 e. The molecule has 3 rings (SSSR count). The third kappa shape index (κ3) is 2.81. The highest BCUT2D eigenvalue weighted by Crippen LogP contribution is 2.39. The van der Waals surface area contributed by atoms with E-state index in [9.17, 15) is 18.3 Å². The lowest BCUT2D eigenvalue weighted by Crippen LogP contribution is -2.53. The van der Waals surface area contributed by atoms with Gasteiger partial charge in [0.15, 0.2) is 10.4 Å². The van der Waals surface area contributed by atoms with Crippen LogP contribution < -0.4 is 0 Å². The Kier molecular flexibility index (Phi) is 3.85. The predicted octanol–water partition coefficient (Wildman–Crippen LogP) is 2.18. The van der Waals surface area contributed by atoms with E-state index >= 15 is 0 Å². The van der Waals surface area contributed by atoms with Crippen LogP contribution in [0.3, 0.4) is 0 Å². The molecule has 2 heterocycles. The molecule has 5 nitrogen and oxygen atoms in total. The normalized spacial score (nSPS) is 23.0. The molecule has 1 N–H and O–H groups in total. The first-order chi connectivity index (χ1) is 10.2. The van der Waals surface area contributed by atoms with Gasteiger partial charge in [-0.3, -0.25) is 4.90 Å². The number of aliphatic hydroxyl groups is 1. The highest BCUT2D eigenvalue weighted by atomic mass is 32.1. The Hall–Kier alpha value is -0.930. The van der Waals surface area contributed by atoms with Crippen LogP contribution in [0.5, 0.6) is 0 Å². The first kappa shape index (κ1) is 15.9. The number of alkyl halides is 3. The van der Waals surface area contributed by atoms with Crippen LogP contribution >= 0.6 is 12.2 Å². The zero-order valence-corrected chi connectivity index (χ0v) is 13.1. The highest BCUT2D eigenvalue weighted by molar-refractivity contribution is 7.71. The standard InChI is InChI=1S/C13H19F3N4OS/c1-18-10(9-2-3-9)17-20(11(18)22)8-19-6-4-12(21,5-7-19)13(14,15)16/h9,21H,2-8H2,1H3. The van der Waals surface area contributed by atoms with Crippen molar-refractivity contribution < 1.29 is 18.3 Å². The molecule has 1 saturated heterocycles. The molecule has 1 saturated carbocycles. The molecule has 0 atom stereocenters. The third-order valence-corrected chi connectivity index (χ3v) is 5.05. The summed E-state index contributed by atoms with van der Waals surface area (Å²) >= 11 is 5.34. The van der Waals surface area contributed by atoms with Crippen LogP contribution in [0.2, 0.25) is 0 Å². The Balaban J connectivity index is 1.66. The average Bonchev–Trinajstić information content (AvgIpc) is 3.23. The molecule has 0 bridgehead atoms. The van der Waals surface area contributed by atoms with E-state index in [0.717, 1.165) is 18.7 Å². The van der Waals surface area contributed by atoms with E-state index in [0.29, 0.717) is 17.4 Å². The molecule has 2 fully saturated rings. The monoisotopic (exact) mass is 336 g/mol. The first-order valence-electron chi connectivity index (χ1n) is 7.36. The zero-order chi connectivity index (χ0) is 16.1. The lowest BCUT2D eigenvalue weighted by atomic mass is 9.91. The number of hydrogen-bond acceptors (Lipinski definition) is 4. The predicted molar refractivity (Wildman–Crippen MR) is 75.8 cm³/mol. The van der Waals surface area contributed by atoms with E-state index < -0.39 is 11.8 Å². The van der Waals surface area contributed by atoms with Crippen molar-refractivity contribution in [2.45, 2.75) is 50.0 Å². The van der Waals surface area contributed by atoms with Gasteiger partial charge in [-0.1, -0.05) is 0 Å². The van der Waals surface area contributed by atoms with Crippen molar-refractivity contribution in [1.29, 1.82) is 0 Å². The number of likely N-dealkylation sites (tertiary alicyclic amines) is 1. The first-order valence-corrected chi connectivity index (χ1v) is 7.77. The molecule has 1 aromatic heterocycles. The number of piperidine rings is 1. The third-order valence-electron chi connectivity index (χ3n) is 4.56. The molecule has 0 spiro atoms. The van der Waals surface area contributed by atoms with E-state index in [1.165, 1.54) is 0 Å². The van der Waals surface area contributed by atoms with Crippen LogP contribution in [0.4, 0.5) is 13.2 Å². The molecule has 2 aliphatic rings. The van der Waals surface area contributed by atoms with Gasteiger partial charge in [0.1, 0.15) is 5.82 Å². The van der Waals surface area contributed by atoms with Gasteiger partial charge in [-0.25, -0.2) is 4.68 Å². The molecule has 124 valence electrons. The SMILES string of the molecule is Cn1c(C2CC2)nn(CN2CCC(O)(C(F)(F)F)CC2)c1=S. The van der Waals surface area contributed by atoms with Crippen LogP contribution in [0.15, 0.2) is 0 Å². The molecule has 22 heavy (non-hydrogen) atoms. The van der Waals surface area contributed by atoms with Crippen molar-refractivity contribution in [3.8, 4) is 0 Å². The fourth-order valence-electron chi connectivity index (χ4n) is 2.83. The van der Waals surface area contributed by atoms with Gasteiger partial charge >= 0.3 is 6.18 Å². The molecule has 9 heteroatoms. The molecular weight excluding hydrogens is 317 g/mol. The lowest BCUT2D eigenvalue weighted by molar-refractivity contribution is -0.273. The minimum atomic E-state index is -4.57. The summed E-state index contributed by atoms with van der Waals surface area (Å²) in [5.41, 5.74) is -2.56. The van der Waals surface area contributed by atoms with Crippen molar-refractivity contribution in [2.24, 2.45) is 7.05 Å². The van der Waals surface area contributed by atoms with Crippen LogP contribution in [0, 0.1) is 4.77 Å². The van der Waals surface area contributed by atoms with Crippen LogP contribution in [0.1, 0.15) is 37.4 Å². The maximum atomic E-state index is 12.8. The molecule has 0 unspecified atom stereocenters. The quantitative estimate of drug-likeness (QED) is 0.860. The van der Waals surface area contributed by atoms with Gasteiger partial charge in [0, 0.05) is 26.1 Å². The molecule has 0 amide bonds. The fourth-order valence-corrected chi connectivity index (χ4v) is 3.02. The molecular formula is C13H19F3N4OS. The fraction of sp³-hybridized carbons (Fsp3) is 0.846. The van der Waals surface area contributed by atoms with E-state index in [4.69, 9.17) is 12.2 Å². The summed E-state index contributed by atoms with van der Waals surface area (Å²) in [6.07, 6.45) is -2.97. The van der Waals surface area contributed by atoms with Gasteiger partial charge in [0.2, 0.25) is 0 Å². The smallest absolute Gasteiger partial charge is 0.380 e. The molecule has 0 radical (unpaired) electrons. The minimum absolute atomic E-state index is 0.174. The summed E-state index contributed by atoms with van der Waals surface area (Å²) in [7, 11) is 1.87. The second-order valence-corrected chi connectivity index (χ2v) is 6.63. The number of halogens is 3. The summed E-state index contributed by atoms with van der Waals surface area (Å²) in [5.74, 6) is 1.42. The van der Waals surface area contributed by atoms with Gasteiger partial charge < -0.3 is 9.67 Å². The second kappa shape index (κ2) is 5.31. The molecule has 1 aromatic rings.